The van der Waals surface area contributed by atoms with Gasteiger partial charge in [0.1, 0.15) is 17.5 Å². The molecule has 2 fully saturated rings. The van der Waals surface area contributed by atoms with Gasteiger partial charge in [-0.25, -0.2) is 27.3 Å². The molecule has 0 bridgehead atoms. The number of halogens is 2. The quantitative estimate of drug-likeness (QED) is 0.821. The van der Waals surface area contributed by atoms with Gasteiger partial charge in [-0.1, -0.05) is 24.4 Å². The molecule has 0 spiro atoms. The van der Waals surface area contributed by atoms with Gasteiger partial charge in [0.25, 0.3) is 0 Å². The lowest BCUT2D eigenvalue weighted by molar-refractivity contribution is 0.186. The lowest BCUT2D eigenvalue weighted by Crippen LogP contribution is -2.49. The molecule has 2 aromatic rings. The first-order valence-corrected chi connectivity index (χ1v) is 11.3. The Morgan fingerprint density at radius 1 is 1.30 bits per heavy atom. The van der Waals surface area contributed by atoms with Crippen LogP contribution in [0.4, 0.5) is 10.3 Å². The van der Waals surface area contributed by atoms with Crippen LogP contribution in [-0.2, 0) is 10.0 Å². The van der Waals surface area contributed by atoms with E-state index in [2.05, 4.69) is 20.4 Å². The number of piperidine rings is 1. The highest BCUT2D eigenvalue weighted by Crippen LogP contribution is 2.35. The normalized spacial score (nSPS) is 25.3. The second-order valence-electron chi connectivity index (χ2n) is 7.30. The Balaban J connectivity index is 1.55. The van der Waals surface area contributed by atoms with Crippen molar-refractivity contribution < 1.29 is 12.8 Å². The lowest BCUT2D eigenvalue weighted by Gasteiger charge is -2.33. The van der Waals surface area contributed by atoms with E-state index in [1.807, 2.05) is 0 Å². The van der Waals surface area contributed by atoms with Crippen molar-refractivity contribution in [1.29, 1.82) is 0 Å². The summed E-state index contributed by atoms with van der Waals surface area (Å²) in [5.74, 6) is 1.43. The van der Waals surface area contributed by atoms with E-state index in [1.54, 1.807) is 10.7 Å². The molecule has 4 rings (SSSR count). The number of hydrogen-bond acceptors (Lipinski definition) is 6. The Hall–Kier alpha value is -1.52. The molecule has 1 saturated carbocycles. The molecule has 1 aliphatic heterocycles. The van der Waals surface area contributed by atoms with Crippen LogP contribution in [0.25, 0.3) is 5.52 Å². The number of fused-ring (bicyclic) bond motifs is 1. The average Bonchev–Trinajstić information content (AvgIpc) is 3.24. The first-order valence-electron chi connectivity index (χ1n) is 9.10. The van der Waals surface area contributed by atoms with E-state index in [4.69, 9.17) is 11.6 Å². The van der Waals surface area contributed by atoms with Crippen LogP contribution in [0.5, 0.6) is 0 Å². The van der Waals surface area contributed by atoms with E-state index < -0.39 is 22.2 Å². The van der Waals surface area contributed by atoms with Gasteiger partial charge in [-0.3, -0.25) is 0 Å². The molecular weight excluding hydrogens is 395 g/mol. The third-order valence-corrected chi connectivity index (χ3v) is 6.93. The van der Waals surface area contributed by atoms with Gasteiger partial charge in [0.15, 0.2) is 5.15 Å². The maximum atomic E-state index is 14.5. The zero-order chi connectivity index (χ0) is 19.2. The molecule has 1 aliphatic carbocycles. The fourth-order valence-electron chi connectivity index (χ4n) is 3.89. The maximum Gasteiger partial charge on any atom is 0.241 e. The fraction of sp³-hybridized carbons (Fsp3) is 0.688. The van der Waals surface area contributed by atoms with Gasteiger partial charge in [-0.2, -0.15) is 4.31 Å². The van der Waals surface area contributed by atoms with Crippen LogP contribution in [0.15, 0.2) is 6.20 Å². The second-order valence-corrected chi connectivity index (χ2v) is 9.64. The van der Waals surface area contributed by atoms with Crippen molar-refractivity contribution in [3.63, 3.8) is 0 Å². The summed E-state index contributed by atoms with van der Waals surface area (Å²) in [6.45, 7) is 0.104. The molecule has 0 aromatic carbocycles. The van der Waals surface area contributed by atoms with Crippen LogP contribution in [-0.4, -0.2) is 63.9 Å². The van der Waals surface area contributed by atoms with Crippen LogP contribution >= 0.6 is 11.6 Å². The lowest BCUT2D eigenvalue weighted by atomic mass is 10.1. The number of nitrogens with zero attached hydrogens (tertiary/aromatic N) is 5. The van der Waals surface area contributed by atoms with Crippen LogP contribution in [0, 0.1) is 0 Å². The Bertz CT molecular complexity index is 946. The predicted molar refractivity (Wildman–Crippen MR) is 100 cm³/mol. The Labute approximate surface area is 162 Å². The molecular formula is C16H22ClFN6O2S. The standard InChI is InChI=1S/C16H22ClFN6O2S/c1-27(25,26)23-7-6-12(11(18)9-23)20-16-19-8-13-14(17)21-15(24(13)22-16)10-4-2-3-5-10/h8,10-12H,2-7,9H2,1H3,(H,20,22)/t11-,12-/m1/s1. The van der Waals surface area contributed by atoms with E-state index in [-0.39, 0.29) is 19.0 Å². The number of rotatable bonds is 4. The Morgan fingerprint density at radius 2 is 2.04 bits per heavy atom. The molecule has 2 atom stereocenters. The SMILES string of the molecule is CS(=O)(=O)N1CC[C@@H](Nc2ncc3c(Cl)nc(C4CCCC4)n3n2)[C@H](F)C1. The first kappa shape index (κ1) is 18.8. The van der Waals surface area contributed by atoms with Crippen molar-refractivity contribution in [1.82, 2.24) is 23.9 Å². The molecule has 11 heteroatoms. The third-order valence-electron chi connectivity index (χ3n) is 5.38. The zero-order valence-electron chi connectivity index (χ0n) is 15.0. The number of nitrogens with one attached hydrogen (secondary N) is 1. The molecule has 3 heterocycles. The highest BCUT2D eigenvalue weighted by atomic mass is 35.5. The van der Waals surface area contributed by atoms with Gasteiger partial charge in [0.05, 0.1) is 18.5 Å². The van der Waals surface area contributed by atoms with Gasteiger partial charge in [0.2, 0.25) is 16.0 Å². The summed E-state index contributed by atoms with van der Waals surface area (Å²) in [6.07, 6.45) is 6.12. The van der Waals surface area contributed by atoms with E-state index in [0.717, 1.165) is 42.1 Å². The summed E-state index contributed by atoms with van der Waals surface area (Å²) in [5, 5.41) is 7.87. The Kier molecular flexibility index (Phi) is 4.98. The van der Waals surface area contributed by atoms with E-state index >= 15 is 0 Å². The smallest absolute Gasteiger partial charge is 0.241 e. The molecule has 1 N–H and O–H groups in total. The van der Waals surface area contributed by atoms with Gasteiger partial charge in [0, 0.05) is 19.0 Å². The number of anilines is 1. The minimum absolute atomic E-state index is 0.164. The van der Waals surface area contributed by atoms with Crippen LogP contribution in [0.2, 0.25) is 5.15 Å². The molecule has 1 saturated heterocycles. The summed E-state index contributed by atoms with van der Waals surface area (Å²) < 4.78 is 40.6. The van der Waals surface area contributed by atoms with Crippen molar-refractivity contribution in [2.75, 3.05) is 24.7 Å². The largest absolute Gasteiger partial charge is 0.347 e. The molecule has 148 valence electrons. The Morgan fingerprint density at radius 3 is 2.70 bits per heavy atom. The number of hydrogen-bond donors (Lipinski definition) is 1. The highest BCUT2D eigenvalue weighted by Gasteiger charge is 2.34. The van der Waals surface area contributed by atoms with Gasteiger partial charge in [-0.05, 0) is 19.3 Å². The van der Waals surface area contributed by atoms with E-state index in [1.165, 1.54) is 0 Å². The fourth-order valence-corrected chi connectivity index (χ4v) is 4.96. The molecule has 2 aromatic heterocycles. The van der Waals surface area contributed by atoms with E-state index in [0.29, 0.717) is 23.0 Å². The number of alkyl halides is 1. The zero-order valence-corrected chi connectivity index (χ0v) is 16.5. The number of sulfonamides is 1. The van der Waals surface area contributed by atoms with Crippen LogP contribution in [0.3, 0.4) is 0 Å². The van der Waals surface area contributed by atoms with Crippen molar-refractivity contribution >= 4 is 33.1 Å². The van der Waals surface area contributed by atoms with Gasteiger partial charge >= 0.3 is 0 Å². The van der Waals surface area contributed by atoms with Gasteiger partial charge < -0.3 is 5.32 Å². The summed E-state index contributed by atoms with van der Waals surface area (Å²) >= 11 is 6.23. The highest BCUT2D eigenvalue weighted by molar-refractivity contribution is 7.88. The van der Waals surface area contributed by atoms with Crippen LogP contribution in [0.1, 0.15) is 43.8 Å². The third kappa shape index (κ3) is 3.74. The van der Waals surface area contributed by atoms with Crippen molar-refractivity contribution in [3.8, 4) is 0 Å². The summed E-state index contributed by atoms with van der Waals surface area (Å²) in [7, 11) is -3.39. The molecule has 27 heavy (non-hydrogen) atoms. The molecule has 0 radical (unpaired) electrons. The summed E-state index contributed by atoms with van der Waals surface area (Å²) in [6, 6.07) is -0.547. The monoisotopic (exact) mass is 416 g/mol. The topological polar surface area (TPSA) is 92.5 Å². The molecule has 0 unspecified atom stereocenters. The minimum Gasteiger partial charge on any atom is -0.347 e. The minimum atomic E-state index is -3.39. The van der Waals surface area contributed by atoms with E-state index in [9.17, 15) is 12.8 Å². The average molecular weight is 417 g/mol. The van der Waals surface area contributed by atoms with Gasteiger partial charge in [-0.15, -0.1) is 5.10 Å². The summed E-state index contributed by atoms with van der Waals surface area (Å²) in [5.41, 5.74) is 0.632. The summed E-state index contributed by atoms with van der Waals surface area (Å²) in [4.78, 5) is 8.70. The molecule has 8 nitrogen and oxygen atoms in total. The number of aromatic nitrogens is 4. The van der Waals surface area contributed by atoms with Crippen molar-refractivity contribution in [2.45, 2.75) is 50.2 Å². The molecule has 0 amide bonds. The predicted octanol–water partition coefficient (Wildman–Crippen LogP) is 2.22. The van der Waals surface area contributed by atoms with Crippen LogP contribution < -0.4 is 5.32 Å². The second kappa shape index (κ2) is 7.14. The van der Waals surface area contributed by atoms with Crippen molar-refractivity contribution in [2.24, 2.45) is 0 Å². The van der Waals surface area contributed by atoms with Crippen molar-refractivity contribution in [3.05, 3.63) is 17.2 Å². The first-order chi connectivity index (χ1) is 12.8. The maximum absolute atomic E-state index is 14.5. The number of imidazole rings is 1. The molecule has 2 aliphatic rings.